The van der Waals surface area contributed by atoms with Gasteiger partial charge in [0.1, 0.15) is 0 Å². The quantitative estimate of drug-likeness (QED) is 0.786. The van der Waals surface area contributed by atoms with Crippen molar-refractivity contribution in [2.75, 3.05) is 33.8 Å². The molecule has 0 radical (unpaired) electrons. The predicted octanol–water partition coefficient (Wildman–Crippen LogP) is 1.49. The highest BCUT2D eigenvalue weighted by Gasteiger charge is 2.30. The van der Waals surface area contributed by atoms with Crippen molar-refractivity contribution in [3.63, 3.8) is 0 Å². The standard InChI is InChI=1S/C13H26N2O/c1-14-9-11-7-8-15(10-11)12-3-5-13(16-2)6-4-12/h11-14H,3-10H2,1-2H3. The molecule has 3 heteroatoms. The molecule has 2 fully saturated rings. The molecule has 1 saturated carbocycles. The van der Waals surface area contributed by atoms with Gasteiger partial charge in [0.15, 0.2) is 0 Å². The van der Waals surface area contributed by atoms with Gasteiger partial charge in [-0.25, -0.2) is 0 Å². The fourth-order valence-corrected chi connectivity index (χ4v) is 3.30. The zero-order chi connectivity index (χ0) is 11.4. The Kier molecular flexibility index (Phi) is 4.62. The number of hydrogen-bond acceptors (Lipinski definition) is 3. The van der Waals surface area contributed by atoms with Crippen molar-refractivity contribution in [3.05, 3.63) is 0 Å². The maximum absolute atomic E-state index is 5.43. The third kappa shape index (κ3) is 2.96. The van der Waals surface area contributed by atoms with Crippen molar-refractivity contribution in [1.82, 2.24) is 10.2 Å². The van der Waals surface area contributed by atoms with E-state index in [-0.39, 0.29) is 0 Å². The Bertz CT molecular complexity index is 202. The predicted molar refractivity (Wildman–Crippen MR) is 66.7 cm³/mol. The Morgan fingerprint density at radius 2 is 1.94 bits per heavy atom. The van der Waals surface area contributed by atoms with E-state index in [0.29, 0.717) is 6.10 Å². The molecule has 0 aromatic carbocycles. The van der Waals surface area contributed by atoms with E-state index in [1.54, 1.807) is 0 Å². The number of nitrogens with zero attached hydrogens (tertiary/aromatic N) is 1. The van der Waals surface area contributed by atoms with Gasteiger partial charge in [0.05, 0.1) is 6.10 Å². The van der Waals surface area contributed by atoms with Crippen LogP contribution < -0.4 is 5.32 Å². The Labute approximate surface area is 99.5 Å². The van der Waals surface area contributed by atoms with Crippen LogP contribution in [0.4, 0.5) is 0 Å². The van der Waals surface area contributed by atoms with Crippen LogP contribution in [0.1, 0.15) is 32.1 Å². The number of hydrogen-bond donors (Lipinski definition) is 1. The first-order valence-electron chi connectivity index (χ1n) is 6.75. The van der Waals surface area contributed by atoms with Crippen molar-refractivity contribution < 1.29 is 4.74 Å². The molecule has 1 saturated heterocycles. The molecule has 94 valence electrons. The molecule has 16 heavy (non-hydrogen) atoms. The third-order valence-electron chi connectivity index (χ3n) is 4.30. The molecular weight excluding hydrogens is 200 g/mol. The van der Waals surface area contributed by atoms with Gasteiger partial charge in [-0.3, -0.25) is 0 Å². The second-order valence-electron chi connectivity index (χ2n) is 5.37. The van der Waals surface area contributed by atoms with Gasteiger partial charge in [0, 0.05) is 19.7 Å². The molecule has 2 aliphatic rings. The Morgan fingerprint density at radius 3 is 2.56 bits per heavy atom. The van der Waals surface area contributed by atoms with Crippen LogP contribution in [-0.2, 0) is 4.74 Å². The lowest BCUT2D eigenvalue weighted by molar-refractivity contribution is 0.0430. The maximum Gasteiger partial charge on any atom is 0.0572 e. The normalized spacial score (nSPS) is 36.8. The van der Waals surface area contributed by atoms with Crippen LogP contribution in [0, 0.1) is 5.92 Å². The molecule has 1 unspecified atom stereocenters. The molecule has 0 bridgehead atoms. The Balaban J connectivity index is 1.73. The molecule has 1 N–H and O–H groups in total. The number of likely N-dealkylation sites (tertiary alicyclic amines) is 1. The smallest absolute Gasteiger partial charge is 0.0572 e. The van der Waals surface area contributed by atoms with Crippen LogP contribution >= 0.6 is 0 Å². The van der Waals surface area contributed by atoms with Crippen molar-refractivity contribution in [3.8, 4) is 0 Å². The minimum atomic E-state index is 0.534. The van der Waals surface area contributed by atoms with E-state index in [1.807, 2.05) is 7.11 Å². The van der Waals surface area contributed by atoms with Crippen LogP contribution in [-0.4, -0.2) is 50.8 Å². The van der Waals surface area contributed by atoms with Gasteiger partial charge >= 0.3 is 0 Å². The number of ether oxygens (including phenoxy) is 1. The molecular formula is C13H26N2O. The molecule has 3 nitrogen and oxygen atoms in total. The zero-order valence-electron chi connectivity index (χ0n) is 10.7. The average Bonchev–Trinajstić information content (AvgIpc) is 2.78. The molecule has 1 atom stereocenters. The summed E-state index contributed by atoms with van der Waals surface area (Å²) >= 11 is 0. The molecule has 1 aliphatic carbocycles. The number of nitrogens with one attached hydrogen (secondary N) is 1. The largest absolute Gasteiger partial charge is 0.381 e. The summed E-state index contributed by atoms with van der Waals surface area (Å²) in [6, 6.07) is 0.841. The lowest BCUT2D eigenvalue weighted by atomic mass is 9.92. The summed E-state index contributed by atoms with van der Waals surface area (Å²) in [5.74, 6) is 0.880. The van der Waals surface area contributed by atoms with Crippen LogP contribution in [0.15, 0.2) is 0 Å². The van der Waals surface area contributed by atoms with E-state index in [1.165, 1.54) is 51.7 Å². The molecule has 2 rings (SSSR count). The molecule has 1 heterocycles. The fourth-order valence-electron chi connectivity index (χ4n) is 3.30. The third-order valence-corrected chi connectivity index (χ3v) is 4.30. The highest BCUT2D eigenvalue weighted by atomic mass is 16.5. The van der Waals surface area contributed by atoms with Gasteiger partial charge in [0.25, 0.3) is 0 Å². The molecule has 1 aliphatic heterocycles. The molecule has 0 aromatic heterocycles. The lowest BCUT2D eigenvalue weighted by Gasteiger charge is -2.34. The summed E-state index contributed by atoms with van der Waals surface area (Å²) in [5.41, 5.74) is 0. The van der Waals surface area contributed by atoms with Crippen LogP contribution in [0.5, 0.6) is 0 Å². The fraction of sp³-hybridized carbons (Fsp3) is 1.00. The second kappa shape index (κ2) is 5.99. The zero-order valence-corrected chi connectivity index (χ0v) is 10.7. The summed E-state index contributed by atoms with van der Waals surface area (Å²) in [7, 11) is 3.91. The first-order valence-corrected chi connectivity index (χ1v) is 6.75. The van der Waals surface area contributed by atoms with Gasteiger partial charge in [0.2, 0.25) is 0 Å². The first-order chi connectivity index (χ1) is 7.83. The van der Waals surface area contributed by atoms with Gasteiger partial charge in [-0.2, -0.15) is 0 Å². The summed E-state index contributed by atoms with van der Waals surface area (Å²) in [6.07, 6.45) is 7.11. The minimum Gasteiger partial charge on any atom is -0.381 e. The summed E-state index contributed by atoms with van der Waals surface area (Å²) in [4.78, 5) is 2.72. The van der Waals surface area contributed by atoms with Gasteiger partial charge < -0.3 is 15.0 Å². The van der Waals surface area contributed by atoms with Crippen molar-refractivity contribution in [2.45, 2.75) is 44.2 Å². The molecule has 0 spiro atoms. The van der Waals surface area contributed by atoms with Crippen LogP contribution in [0.3, 0.4) is 0 Å². The molecule has 0 aromatic rings. The van der Waals surface area contributed by atoms with Crippen LogP contribution in [0.2, 0.25) is 0 Å². The highest BCUT2D eigenvalue weighted by molar-refractivity contribution is 4.85. The molecule has 0 amide bonds. The van der Waals surface area contributed by atoms with Gasteiger partial charge in [-0.15, -0.1) is 0 Å². The lowest BCUT2D eigenvalue weighted by Crippen LogP contribution is -2.38. The summed E-state index contributed by atoms with van der Waals surface area (Å²) in [6.45, 7) is 3.81. The SMILES string of the molecule is CNCC1CCN(C2CCC(OC)CC2)C1. The van der Waals surface area contributed by atoms with E-state index in [4.69, 9.17) is 4.74 Å². The van der Waals surface area contributed by atoms with Gasteiger partial charge in [-0.1, -0.05) is 0 Å². The number of rotatable bonds is 4. The summed E-state index contributed by atoms with van der Waals surface area (Å²) in [5, 5.41) is 3.30. The monoisotopic (exact) mass is 226 g/mol. The van der Waals surface area contributed by atoms with Crippen molar-refractivity contribution in [1.29, 1.82) is 0 Å². The topological polar surface area (TPSA) is 24.5 Å². The summed E-state index contributed by atoms with van der Waals surface area (Å²) < 4.78 is 5.43. The van der Waals surface area contributed by atoms with E-state index in [0.717, 1.165) is 12.0 Å². The van der Waals surface area contributed by atoms with Crippen molar-refractivity contribution in [2.24, 2.45) is 5.92 Å². The number of methoxy groups -OCH3 is 1. The Morgan fingerprint density at radius 1 is 1.19 bits per heavy atom. The first kappa shape index (κ1) is 12.3. The Hall–Kier alpha value is -0.120. The van der Waals surface area contributed by atoms with E-state index in [2.05, 4.69) is 17.3 Å². The highest BCUT2D eigenvalue weighted by Crippen LogP contribution is 2.28. The van der Waals surface area contributed by atoms with Gasteiger partial charge in [-0.05, 0) is 58.2 Å². The van der Waals surface area contributed by atoms with Crippen molar-refractivity contribution >= 4 is 0 Å². The average molecular weight is 226 g/mol. The maximum atomic E-state index is 5.43. The second-order valence-corrected chi connectivity index (χ2v) is 5.37. The minimum absolute atomic E-state index is 0.534. The van der Waals surface area contributed by atoms with E-state index < -0.39 is 0 Å². The van der Waals surface area contributed by atoms with E-state index >= 15 is 0 Å². The van der Waals surface area contributed by atoms with E-state index in [9.17, 15) is 0 Å². The van der Waals surface area contributed by atoms with Crippen LogP contribution in [0.25, 0.3) is 0 Å².